The Labute approximate surface area is 126 Å². The fourth-order valence-electron chi connectivity index (χ4n) is 2.33. The Morgan fingerprint density at radius 2 is 1.95 bits per heavy atom. The van der Waals surface area contributed by atoms with Crippen molar-refractivity contribution in [2.75, 3.05) is 37.8 Å². The summed E-state index contributed by atoms with van der Waals surface area (Å²) >= 11 is 0. The number of sulfonamides is 1. The molecule has 6 heteroatoms. The number of aromatic nitrogens is 1. The van der Waals surface area contributed by atoms with Crippen molar-refractivity contribution < 1.29 is 8.42 Å². The molecule has 1 heterocycles. The highest BCUT2D eigenvalue weighted by atomic mass is 32.2. The van der Waals surface area contributed by atoms with Crippen LogP contribution in [-0.4, -0.2) is 50.6 Å². The molecule has 1 aromatic carbocycles. The lowest BCUT2D eigenvalue weighted by Gasteiger charge is -2.23. The second-order valence-electron chi connectivity index (χ2n) is 5.28. The first kappa shape index (κ1) is 15.9. The zero-order chi connectivity index (χ0) is 15.5. The lowest BCUT2D eigenvalue weighted by molar-refractivity contribution is 0.518. The summed E-state index contributed by atoms with van der Waals surface area (Å²) in [5, 5.41) is 1.17. The minimum Gasteiger partial charge on any atom is -0.372 e. The second kappa shape index (κ2) is 6.49. The van der Waals surface area contributed by atoms with Gasteiger partial charge in [0.1, 0.15) is 0 Å². The van der Waals surface area contributed by atoms with Crippen LogP contribution in [0.15, 0.2) is 30.5 Å². The van der Waals surface area contributed by atoms with Crippen molar-refractivity contribution in [3.63, 3.8) is 0 Å². The average Bonchev–Trinajstić information content (AvgIpc) is 2.90. The molecule has 116 valence electrons. The van der Waals surface area contributed by atoms with Gasteiger partial charge in [-0.25, -0.2) is 12.7 Å². The first-order valence-electron chi connectivity index (χ1n) is 7.16. The van der Waals surface area contributed by atoms with Crippen molar-refractivity contribution in [2.24, 2.45) is 0 Å². The Kier molecular flexibility index (Phi) is 4.90. The smallest absolute Gasteiger partial charge is 0.213 e. The van der Waals surface area contributed by atoms with Crippen LogP contribution >= 0.6 is 0 Å². The molecule has 21 heavy (non-hydrogen) atoms. The van der Waals surface area contributed by atoms with Crippen LogP contribution in [0.3, 0.4) is 0 Å². The summed E-state index contributed by atoms with van der Waals surface area (Å²) in [6, 6.07) is 8.31. The zero-order valence-corrected chi connectivity index (χ0v) is 13.7. The van der Waals surface area contributed by atoms with E-state index in [1.165, 1.54) is 9.69 Å². The molecular formula is C15H23N3O2S. The average molecular weight is 309 g/mol. The highest BCUT2D eigenvalue weighted by molar-refractivity contribution is 7.89. The highest BCUT2D eigenvalue weighted by Gasteiger charge is 2.14. The van der Waals surface area contributed by atoms with E-state index in [1.807, 2.05) is 12.3 Å². The predicted molar refractivity (Wildman–Crippen MR) is 88.3 cm³/mol. The van der Waals surface area contributed by atoms with Crippen molar-refractivity contribution in [1.82, 2.24) is 9.29 Å². The van der Waals surface area contributed by atoms with Crippen molar-refractivity contribution >= 4 is 26.6 Å². The number of hydrogen-bond acceptors (Lipinski definition) is 3. The van der Waals surface area contributed by atoms with Gasteiger partial charge in [-0.15, -0.1) is 0 Å². The number of H-pyrrole nitrogens is 1. The topological polar surface area (TPSA) is 56.4 Å². The van der Waals surface area contributed by atoms with Crippen LogP contribution in [0.5, 0.6) is 0 Å². The summed E-state index contributed by atoms with van der Waals surface area (Å²) in [6.45, 7) is 3.68. The molecule has 1 N–H and O–H groups in total. The van der Waals surface area contributed by atoms with Crippen LogP contribution in [0.1, 0.15) is 13.3 Å². The lowest BCUT2D eigenvalue weighted by atomic mass is 10.2. The van der Waals surface area contributed by atoms with Crippen molar-refractivity contribution in [2.45, 2.75) is 13.3 Å². The van der Waals surface area contributed by atoms with E-state index in [-0.39, 0.29) is 5.75 Å². The lowest BCUT2D eigenvalue weighted by Crippen LogP contribution is -2.29. The third kappa shape index (κ3) is 3.77. The maximum absolute atomic E-state index is 11.8. The Hall–Kier alpha value is -1.53. The van der Waals surface area contributed by atoms with Crippen molar-refractivity contribution in [3.8, 4) is 0 Å². The SMILES string of the molecule is CCN(CCCS(=O)(=O)N(C)C)c1ccc2[nH]ccc2c1. The van der Waals surface area contributed by atoms with Crippen LogP contribution < -0.4 is 4.90 Å². The van der Waals surface area contributed by atoms with Gasteiger partial charge >= 0.3 is 0 Å². The van der Waals surface area contributed by atoms with Gasteiger partial charge in [0.15, 0.2) is 0 Å². The molecule has 0 aliphatic heterocycles. The molecule has 5 nitrogen and oxygen atoms in total. The molecule has 0 spiro atoms. The van der Waals surface area contributed by atoms with E-state index in [0.29, 0.717) is 6.42 Å². The summed E-state index contributed by atoms with van der Waals surface area (Å²) in [5.74, 6) is 0.183. The first-order valence-corrected chi connectivity index (χ1v) is 8.77. The molecule has 0 saturated heterocycles. The highest BCUT2D eigenvalue weighted by Crippen LogP contribution is 2.21. The molecule has 0 fully saturated rings. The Balaban J connectivity index is 2.03. The van der Waals surface area contributed by atoms with E-state index in [1.54, 1.807) is 14.1 Å². The molecule has 0 atom stereocenters. The van der Waals surface area contributed by atoms with Gasteiger partial charge in [0, 0.05) is 50.0 Å². The summed E-state index contributed by atoms with van der Waals surface area (Å²) in [7, 11) is 0.0440. The molecule has 2 aromatic rings. The van der Waals surface area contributed by atoms with E-state index >= 15 is 0 Å². The van der Waals surface area contributed by atoms with E-state index in [9.17, 15) is 8.42 Å². The fourth-order valence-corrected chi connectivity index (χ4v) is 3.19. The van der Waals surface area contributed by atoms with Gasteiger partial charge in [-0.2, -0.15) is 0 Å². The van der Waals surface area contributed by atoms with E-state index in [2.05, 4.69) is 35.0 Å². The minimum absolute atomic E-state index is 0.183. The number of hydrogen-bond donors (Lipinski definition) is 1. The molecule has 2 rings (SSSR count). The molecule has 0 aliphatic rings. The quantitative estimate of drug-likeness (QED) is 0.853. The van der Waals surface area contributed by atoms with Crippen LogP contribution in [0, 0.1) is 0 Å². The summed E-state index contributed by atoms with van der Waals surface area (Å²) in [4.78, 5) is 5.38. The van der Waals surface area contributed by atoms with Gasteiger partial charge in [-0.1, -0.05) is 0 Å². The van der Waals surface area contributed by atoms with Gasteiger partial charge in [-0.05, 0) is 37.6 Å². The fraction of sp³-hybridized carbons (Fsp3) is 0.467. The van der Waals surface area contributed by atoms with Crippen LogP contribution in [0.2, 0.25) is 0 Å². The molecule has 0 radical (unpaired) electrons. The Bertz CT molecular complexity index is 692. The maximum atomic E-state index is 11.8. The molecule has 0 saturated carbocycles. The maximum Gasteiger partial charge on any atom is 0.213 e. The van der Waals surface area contributed by atoms with Gasteiger partial charge in [0.05, 0.1) is 5.75 Å². The number of benzene rings is 1. The number of rotatable bonds is 7. The number of nitrogens with one attached hydrogen (secondary N) is 1. The number of fused-ring (bicyclic) bond motifs is 1. The van der Waals surface area contributed by atoms with E-state index in [0.717, 1.165) is 24.3 Å². The van der Waals surface area contributed by atoms with Gasteiger partial charge in [0.25, 0.3) is 0 Å². The van der Waals surface area contributed by atoms with Crippen LogP contribution in [-0.2, 0) is 10.0 Å². The van der Waals surface area contributed by atoms with Crippen molar-refractivity contribution in [1.29, 1.82) is 0 Å². The number of aromatic amines is 1. The largest absolute Gasteiger partial charge is 0.372 e. The number of nitrogens with zero attached hydrogens (tertiary/aromatic N) is 2. The van der Waals surface area contributed by atoms with Crippen LogP contribution in [0.4, 0.5) is 5.69 Å². The molecule has 0 amide bonds. The third-order valence-electron chi connectivity index (χ3n) is 3.67. The summed E-state index contributed by atoms with van der Waals surface area (Å²) in [6.07, 6.45) is 2.55. The van der Waals surface area contributed by atoms with Gasteiger partial charge < -0.3 is 9.88 Å². The van der Waals surface area contributed by atoms with E-state index in [4.69, 9.17) is 0 Å². The predicted octanol–water partition coefficient (Wildman–Crippen LogP) is 2.28. The summed E-state index contributed by atoms with van der Waals surface area (Å²) < 4.78 is 24.8. The van der Waals surface area contributed by atoms with Crippen LogP contribution in [0.25, 0.3) is 10.9 Å². The minimum atomic E-state index is -3.11. The Morgan fingerprint density at radius 3 is 2.62 bits per heavy atom. The van der Waals surface area contributed by atoms with E-state index < -0.39 is 10.0 Å². The summed E-state index contributed by atoms with van der Waals surface area (Å²) in [5.41, 5.74) is 2.25. The van der Waals surface area contributed by atoms with Gasteiger partial charge in [-0.3, -0.25) is 0 Å². The molecule has 0 aliphatic carbocycles. The third-order valence-corrected chi connectivity index (χ3v) is 5.59. The molecule has 0 unspecified atom stereocenters. The monoisotopic (exact) mass is 309 g/mol. The first-order chi connectivity index (χ1) is 9.94. The Morgan fingerprint density at radius 1 is 1.19 bits per heavy atom. The normalized spacial score (nSPS) is 12.2. The molecule has 0 bridgehead atoms. The van der Waals surface area contributed by atoms with Gasteiger partial charge in [0.2, 0.25) is 10.0 Å². The molecular weight excluding hydrogens is 286 g/mol. The molecule has 1 aromatic heterocycles. The second-order valence-corrected chi connectivity index (χ2v) is 7.58. The zero-order valence-electron chi connectivity index (χ0n) is 12.8. The van der Waals surface area contributed by atoms with Crippen molar-refractivity contribution in [3.05, 3.63) is 30.5 Å². The number of anilines is 1. The standard InChI is InChI=1S/C15H23N3O2S/c1-4-18(10-5-11-21(19,20)17(2)3)14-6-7-15-13(12-14)8-9-16-15/h6-9,12,16H,4-5,10-11H2,1-3H3.